The van der Waals surface area contributed by atoms with Crippen molar-refractivity contribution in [2.24, 2.45) is 7.05 Å². The number of halogens is 2. The molecule has 0 bridgehead atoms. The second kappa shape index (κ2) is 8.60. The van der Waals surface area contributed by atoms with Gasteiger partial charge in [-0.2, -0.15) is 0 Å². The summed E-state index contributed by atoms with van der Waals surface area (Å²) >= 11 is 0. The van der Waals surface area contributed by atoms with Crippen LogP contribution in [0.4, 0.5) is 20.2 Å². The van der Waals surface area contributed by atoms with E-state index in [1.54, 1.807) is 44.6 Å². The summed E-state index contributed by atoms with van der Waals surface area (Å²) in [6.07, 6.45) is 2.67. The van der Waals surface area contributed by atoms with Gasteiger partial charge in [-0.25, -0.2) is 8.78 Å². The van der Waals surface area contributed by atoms with Crippen molar-refractivity contribution in [1.82, 2.24) is 4.57 Å². The second-order valence-corrected chi connectivity index (χ2v) is 6.36. The van der Waals surface area contributed by atoms with Crippen molar-refractivity contribution < 1.29 is 18.3 Å². The van der Waals surface area contributed by atoms with E-state index >= 15 is 0 Å². The van der Waals surface area contributed by atoms with Crippen LogP contribution in [0, 0.1) is 11.6 Å². The molecule has 154 valence electrons. The minimum Gasteiger partial charge on any atom is -0.454 e. The van der Waals surface area contributed by atoms with E-state index in [1.165, 1.54) is 10.6 Å². The maximum atomic E-state index is 14.2. The highest BCUT2D eigenvalue weighted by Gasteiger charge is 2.18. The first-order valence-electron chi connectivity index (χ1n) is 8.92. The third-order valence-corrected chi connectivity index (χ3v) is 4.32. The number of carbonyl (C=O) groups is 1. The summed E-state index contributed by atoms with van der Waals surface area (Å²) in [4.78, 5) is 24.2. The average molecular weight is 411 g/mol. The molecule has 0 fully saturated rings. The monoisotopic (exact) mass is 411 g/mol. The molecule has 8 heteroatoms. The molecular weight excluding hydrogens is 392 g/mol. The van der Waals surface area contributed by atoms with Gasteiger partial charge in [0.05, 0.1) is 5.69 Å². The largest absolute Gasteiger partial charge is 0.454 e. The molecule has 6 nitrogen and oxygen atoms in total. The van der Waals surface area contributed by atoms with Crippen molar-refractivity contribution in [3.63, 3.8) is 0 Å². The van der Waals surface area contributed by atoms with Gasteiger partial charge in [-0.1, -0.05) is 12.6 Å². The van der Waals surface area contributed by atoms with Crippen LogP contribution in [0.1, 0.15) is 0 Å². The van der Waals surface area contributed by atoms with Gasteiger partial charge in [-0.15, -0.1) is 0 Å². The molecule has 1 amide bonds. The number of anilines is 2. The van der Waals surface area contributed by atoms with Gasteiger partial charge in [-0.3, -0.25) is 9.59 Å². The molecule has 0 spiro atoms. The highest BCUT2D eigenvalue weighted by atomic mass is 19.1. The van der Waals surface area contributed by atoms with Gasteiger partial charge < -0.3 is 19.9 Å². The van der Waals surface area contributed by atoms with Gasteiger partial charge in [0.1, 0.15) is 17.3 Å². The van der Waals surface area contributed by atoms with Crippen molar-refractivity contribution in [3.05, 3.63) is 83.3 Å². The van der Waals surface area contributed by atoms with Crippen molar-refractivity contribution in [2.75, 3.05) is 17.7 Å². The summed E-state index contributed by atoms with van der Waals surface area (Å²) in [5.74, 6) is -2.06. The standard InChI is InChI=1S/C22H19F2N3O3/c1-4-20(28)26-16-6-5-7-19(30-18-9-8-14(23)11-15(18)24)21(16)13-10-17(25-2)22(29)27(3)12-13/h4-12,25H,1H2,2-3H3,(H,26,28). The molecule has 1 aromatic heterocycles. The van der Waals surface area contributed by atoms with Crippen LogP contribution in [0.2, 0.25) is 0 Å². The Labute approximate surface area is 171 Å². The quantitative estimate of drug-likeness (QED) is 0.594. The predicted molar refractivity (Wildman–Crippen MR) is 112 cm³/mol. The van der Waals surface area contributed by atoms with Crippen LogP contribution in [0.5, 0.6) is 11.5 Å². The highest BCUT2D eigenvalue weighted by molar-refractivity contribution is 6.02. The lowest BCUT2D eigenvalue weighted by Crippen LogP contribution is -2.19. The number of hydrogen-bond acceptors (Lipinski definition) is 4. The summed E-state index contributed by atoms with van der Waals surface area (Å²) in [6.45, 7) is 3.44. The number of carbonyl (C=O) groups excluding carboxylic acids is 1. The lowest BCUT2D eigenvalue weighted by atomic mass is 10.0. The predicted octanol–water partition coefficient (Wildman–Crippen LogP) is 4.29. The zero-order chi connectivity index (χ0) is 21.8. The topological polar surface area (TPSA) is 72.4 Å². The van der Waals surface area contributed by atoms with E-state index in [2.05, 4.69) is 17.2 Å². The lowest BCUT2D eigenvalue weighted by Gasteiger charge is -2.17. The maximum absolute atomic E-state index is 14.2. The van der Waals surface area contributed by atoms with Gasteiger partial charge in [0.15, 0.2) is 11.6 Å². The highest BCUT2D eigenvalue weighted by Crippen LogP contribution is 2.40. The Morgan fingerprint density at radius 2 is 1.90 bits per heavy atom. The van der Waals surface area contributed by atoms with Crippen molar-refractivity contribution >= 4 is 17.3 Å². The Balaban J connectivity index is 2.22. The number of ether oxygens (including phenoxy) is 1. The van der Waals surface area contributed by atoms with Crippen molar-refractivity contribution in [1.29, 1.82) is 0 Å². The van der Waals surface area contributed by atoms with Crippen LogP contribution in [-0.4, -0.2) is 17.5 Å². The molecule has 3 aromatic rings. The molecule has 0 atom stereocenters. The SMILES string of the molecule is C=CC(=O)Nc1cccc(Oc2ccc(F)cc2F)c1-c1cc(NC)c(=O)n(C)c1. The number of aromatic nitrogens is 1. The number of nitrogens with one attached hydrogen (secondary N) is 2. The number of benzene rings is 2. The molecule has 0 saturated heterocycles. The molecule has 0 radical (unpaired) electrons. The fourth-order valence-corrected chi connectivity index (χ4v) is 2.91. The van der Waals surface area contributed by atoms with Crippen molar-refractivity contribution in [2.45, 2.75) is 0 Å². The number of hydrogen-bond donors (Lipinski definition) is 2. The Morgan fingerprint density at radius 3 is 2.57 bits per heavy atom. The fourth-order valence-electron chi connectivity index (χ4n) is 2.91. The number of amides is 1. The van der Waals surface area contributed by atoms with Gasteiger partial charge in [0, 0.05) is 37.5 Å². The first-order chi connectivity index (χ1) is 14.3. The Morgan fingerprint density at radius 1 is 1.13 bits per heavy atom. The van der Waals surface area contributed by atoms with Crippen LogP contribution < -0.4 is 20.9 Å². The number of rotatable bonds is 6. The third-order valence-electron chi connectivity index (χ3n) is 4.32. The zero-order valence-electron chi connectivity index (χ0n) is 16.3. The van der Waals surface area contributed by atoms with E-state index < -0.39 is 17.5 Å². The van der Waals surface area contributed by atoms with Gasteiger partial charge >= 0.3 is 0 Å². The van der Waals surface area contributed by atoms with Crippen LogP contribution >= 0.6 is 0 Å². The summed E-state index contributed by atoms with van der Waals surface area (Å²) in [7, 11) is 3.19. The van der Waals surface area contributed by atoms with E-state index in [0.717, 1.165) is 12.1 Å². The van der Waals surface area contributed by atoms with Crippen LogP contribution in [-0.2, 0) is 11.8 Å². The summed E-state index contributed by atoms with van der Waals surface area (Å²) < 4.78 is 34.5. The molecule has 0 unspecified atom stereocenters. The maximum Gasteiger partial charge on any atom is 0.273 e. The molecule has 0 saturated carbocycles. The number of nitrogens with zero attached hydrogens (tertiary/aromatic N) is 1. The zero-order valence-corrected chi connectivity index (χ0v) is 16.3. The fraction of sp³-hybridized carbons (Fsp3) is 0.0909. The average Bonchev–Trinajstić information content (AvgIpc) is 2.72. The van der Waals surface area contributed by atoms with Gasteiger partial charge in [0.2, 0.25) is 5.91 Å². The van der Waals surface area contributed by atoms with E-state index in [-0.39, 0.29) is 17.1 Å². The minimum absolute atomic E-state index is 0.191. The Bertz CT molecular complexity index is 1190. The van der Waals surface area contributed by atoms with E-state index in [9.17, 15) is 18.4 Å². The van der Waals surface area contributed by atoms with Crippen LogP contribution in [0.25, 0.3) is 11.1 Å². The molecule has 2 aromatic carbocycles. The number of pyridine rings is 1. The first kappa shape index (κ1) is 20.8. The minimum atomic E-state index is -0.877. The molecule has 3 rings (SSSR count). The second-order valence-electron chi connectivity index (χ2n) is 6.36. The molecule has 2 N–H and O–H groups in total. The molecule has 30 heavy (non-hydrogen) atoms. The molecule has 0 aliphatic heterocycles. The summed E-state index contributed by atoms with van der Waals surface area (Å²) in [6, 6.07) is 9.37. The smallest absolute Gasteiger partial charge is 0.273 e. The van der Waals surface area contributed by atoms with Gasteiger partial charge in [-0.05, 0) is 36.4 Å². The Kier molecular flexibility index (Phi) is 5.96. The first-order valence-corrected chi connectivity index (χ1v) is 8.92. The van der Waals surface area contributed by atoms with Crippen LogP contribution in [0.15, 0.2) is 66.1 Å². The van der Waals surface area contributed by atoms with E-state index in [4.69, 9.17) is 4.74 Å². The normalized spacial score (nSPS) is 10.4. The lowest BCUT2D eigenvalue weighted by molar-refractivity contribution is -0.111. The summed E-state index contributed by atoms with van der Waals surface area (Å²) in [5.41, 5.74) is 1.36. The van der Waals surface area contributed by atoms with Gasteiger partial charge in [0.25, 0.3) is 5.56 Å². The summed E-state index contributed by atoms with van der Waals surface area (Å²) in [5, 5.41) is 5.50. The molecular formula is C22H19F2N3O3. The van der Waals surface area contributed by atoms with E-state index in [1.807, 2.05) is 0 Å². The molecule has 0 aliphatic rings. The van der Waals surface area contributed by atoms with Crippen molar-refractivity contribution in [3.8, 4) is 22.6 Å². The molecule has 1 heterocycles. The third kappa shape index (κ3) is 4.22. The van der Waals surface area contributed by atoms with Crippen LogP contribution in [0.3, 0.4) is 0 Å². The van der Waals surface area contributed by atoms with E-state index in [0.29, 0.717) is 28.6 Å². The number of aryl methyl sites for hydroxylation is 1. The molecule has 0 aliphatic carbocycles. The Hall–Kier alpha value is -3.94.